The molecule has 29 heavy (non-hydrogen) atoms. The molecule has 1 unspecified atom stereocenters. The predicted molar refractivity (Wildman–Crippen MR) is 114 cm³/mol. The highest BCUT2D eigenvalue weighted by Gasteiger charge is 2.23. The van der Waals surface area contributed by atoms with Crippen LogP contribution in [0.3, 0.4) is 0 Å². The molecule has 3 rings (SSSR count). The molecule has 0 saturated carbocycles. The van der Waals surface area contributed by atoms with Crippen LogP contribution in [0.1, 0.15) is 6.92 Å². The number of para-hydroxylation sites is 1. The molecule has 0 radical (unpaired) electrons. The van der Waals surface area contributed by atoms with Crippen LogP contribution in [0, 0.1) is 0 Å². The molecule has 4 N–H and O–H groups in total. The number of hydrogen-bond acceptors (Lipinski definition) is 7. The number of β-amino-alcohol motifs (C(OH)–C–C–N with tert-alkyl or cyclic N) is 1. The summed E-state index contributed by atoms with van der Waals surface area (Å²) in [5.74, 6) is 0.322. The van der Waals surface area contributed by atoms with Crippen LogP contribution < -0.4 is 15.5 Å². The molecule has 0 fully saturated rings. The van der Waals surface area contributed by atoms with Gasteiger partial charge < -0.3 is 29.8 Å². The van der Waals surface area contributed by atoms with Gasteiger partial charge in [0.1, 0.15) is 18.3 Å². The number of ether oxygens (including phenoxy) is 1. The van der Waals surface area contributed by atoms with Crippen molar-refractivity contribution in [2.75, 3.05) is 26.4 Å². The zero-order valence-electron chi connectivity index (χ0n) is 15.7. The van der Waals surface area contributed by atoms with E-state index in [-0.39, 0.29) is 49.8 Å². The van der Waals surface area contributed by atoms with Crippen LogP contribution in [0.2, 0.25) is 5.02 Å². The Labute approximate surface area is 178 Å². The van der Waals surface area contributed by atoms with Crippen LogP contribution in [-0.4, -0.2) is 53.3 Å². The summed E-state index contributed by atoms with van der Waals surface area (Å²) < 4.78 is 11.5. The van der Waals surface area contributed by atoms with Crippen LogP contribution in [0.25, 0.3) is 21.9 Å². The third-order valence-electron chi connectivity index (χ3n) is 4.52. The molecule has 7 nitrogen and oxygen atoms in total. The SMILES string of the molecule is CC(CO)(CO)NCC(O)COc1cccc2c(=O)c3ccc(Cl)cc3oc12.Cl. The van der Waals surface area contributed by atoms with Crippen LogP contribution in [-0.2, 0) is 0 Å². The first-order valence-corrected chi connectivity index (χ1v) is 9.17. The zero-order chi connectivity index (χ0) is 20.3. The molecule has 0 saturated heterocycles. The lowest BCUT2D eigenvalue weighted by molar-refractivity contribution is 0.0667. The largest absolute Gasteiger partial charge is 0.487 e. The van der Waals surface area contributed by atoms with Gasteiger partial charge in [-0.1, -0.05) is 17.7 Å². The highest BCUT2D eigenvalue weighted by atomic mass is 35.5. The number of fused-ring (bicyclic) bond motifs is 2. The number of aliphatic hydroxyl groups excluding tert-OH is 3. The topological polar surface area (TPSA) is 112 Å². The van der Waals surface area contributed by atoms with Gasteiger partial charge in [-0.15, -0.1) is 12.4 Å². The van der Waals surface area contributed by atoms with Gasteiger partial charge in [-0.3, -0.25) is 4.79 Å². The van der Waals surface area contributed by atoms with E-state index in [1.165, 1.54) is 0 Å². The maximum Gasteiger partial charge on any atom is 0.200 e. The number of hydrogen-bond donors (Lipinski definition) is 4. The molecule has 0 aliphatic heterocycles. The van der Waals surface area contributed by atoms with Crippen LogP contribution in [0.15, 0.2) is 45.6 Å². The molecule has 0 aliphatic carbocycles. The Morgan fingerprint density at radius 3 is 2.62 bits per heavy atom. The molecule has 1 aromatic heterocycles. The number of nitrogens with one attached hydrogen (secondary N) is 1. The fourth-order valence-electron chi connectivity index (χ4n) is 2.71. The van der Waals surface area contributed by atoms with E-state index < -0.39 is 11.6 Å². The molecule has 158 valence electrons. The van der Waals surface area contributed by atoms with Crippen molar-refractivity contribution in [3.8, 4) is 5.75 Å². The molecule has 1 atom stereocenters. The number of aliphatic hydroxyl groups is 3. The van der Waals surface area contributed by atoms with Crippen LogP contribution in [0.5, 0.6) is 5.75 Å². The van der Waals surface area contributed by atoms with Gasteiger partial charge >= 0.3 is 0 Å². The summed E-state index contributed by atoms with van der Waals surface area (Å²) in [6.07, 6.45) is -0.908. The average Bonchev–Trinajstić information content (AvgIpc) is 2.70. The van der Waals surface area contributed by atoms with Gasteiger partial charge in [-0.05, 0) is 31.2 Å². The van der Waals surface area contributed by atoms with Crippen molar-refractivity contribution in [3.63, 3.8) is 0 Å². The van der Waals surface area contributed by atoms with Gasteiger partial charge in [0.25, 0.3) is 0 Å². The molecule has 9 heteroatoms. The fraction of sp³-hybridized carbons (Fsp3) is 0.350. The summed E-state index contributed by atoms with van der Waals surface area (Å²) >= 11 is 5.99. The van der Waals surface area contributed by atoms with E-state index in [1.54, 1.807) is 43.3 Å². The molecule has 1 heterocycles. The van der Waals surface area contributed by atoms with Gasteiger partial charge in [0, 0.05) is 17.6 Å². The number of halogens is 2. The van der Waals surface area contributed by atoms with E-state index in [2.05, 4.69) is 5.32 Å². The molecule has 0 bridgehead atoms. The Hall–Kier alpha value is -1.87. The lowest BCUT2D eigenvalue weighted by atomic mass is 10.1. The summed E-state index contributed by atoms with van der Waals surface area (Å²) in [4.78, 5) is 12.7. The Morgan fingerprint density at radius 1 is 1.21 bits per heavy atom. The second-order valence-corrected chi connectivity index (χ2v) is 7.36. The van der Waals surface area contributed by atoms with Gasteiger partial charge in [-0.25, -0.2) is 0 Å². The van der Waals surface area contributed by atoms with Crippen molar-refractivity contribution >= 4 is 45.9 Å². The van der Waals surface area contributed by atoms with Crippen molar-refractivity contribution in [1.29, 1.82) is 0 Å². The monoisotopic (exact) mass is 443 g/mol. The van der Waals surface area contributed by atoms with Crippen molar-refractivity contribution < 1.29 is 24.5 Å². The lowest BCUT2D eigenvalue weighted by Gasteiger charge is -2.27. The average molecular weight is 444 g/mol. The van der Waals surface area contributed by atoms with Gasteiger partial charge in [0.05, 0.1) is 29.5 Å². The van der Waals surface area contributed by atoms with E-state index in [9.17, 15) is 20.1 Å². The predicted octanol–water partition coefficient (Wildman–Crippen LogP) is 2.09. The first-order chi connectivity index (χ1) is 13.4. The van der Waals surface area contributed by atoms with Crippen LogP contribution >= 0.6 is 24.0 Å². The fourth-order valence-corrected chi connectivity index (χ4v) is 2.87. The third-order valence-corrected chi connectivity index (χ3v) is 4.75. The van der Waals surface area contributed by atoms with Crippen molar-refractivity contribution in [1.82, 2.24) is 5.32 Å². The van der Waals surface area contributed by atoms with Crippen LogP contribution in [0.4, 0.5) is 0 Å². The van der Waals surface area contributed by atoms with E-state index in [0.29, 0.717) is 27.1 Å². The molecule has 0 aliphatic rings. The second-order valence-electron chi connectivity index (χ2n) is 6.93. The standard InChI is InChI=1S/C20H22ClNO6.ClH/c1-20(10-23,11-24)22-8-13(25)9-27-16-4-2-3-15-18(26)14-6-5-12(21)7-17(14)28-19(15)16;/h2-7,13,22-25H,8-11H2,1H3;1H. The van der Waals surface area contributed by atoms with E-state index >= 15 is 0 Å². The summed E-state index contributed by atoms with van der Waals surface area (Å²) in [7, 11) is 0. The van der Waals surface area contributed by atoms with Gasteiger partial charge in [-0.2, -0.15) is 0 Å². The first-order valence-electron chi connectivity index (χ1n) is 8.79. The quantitative estimate of drug-likeness (QED) is 0.394. The van der Waals surface area contributed by atoms with Crippen molar-refractivity contribution in [2.24, 2.45) is 0 Å². The van der Waals surface area contributed by atoms with Gasteiger partial charge in [0.15, 0.2) is 11.3 Å². The molecule has 3 aromatic rings. The molecular weight excluding hydrogens is 421 g/mol. The molecule has 0 amide bonds. The Balaban J connectivity index is 0.00000300. The molecule has 0 spiro atoms. The van der Waals surface area contributed by atoms with Crippen molar-refractivity contribution in [2.45, 2.75) is 18.6 Å². The minimum absolute atomic E-state index is 0. The maximum absolute atomic E-state index is 12.7. The number of benzene rings is 2. The third kappa shape index (κ3) is 5.19. The highest BCUT2D eigenvalue weighted by Crippen LogP contribution is 2.28. The Morgan fingerprint density at radius 2 is 1.93 bits per heavy atom. The maximum atomic E-state index is 12.7. The normalized spacial score (nSPS) is 12.7. The minimum Gasteiger partial charge on any atom is -0.487 e. The van der Waals surface area contributed by atoms with E-state index in [0.717, 1.165) is 0 Å². The Bertz CT molecular complexity index is 1030. The van der Waals surface area contributed by atoms with E-state index in [4.69, 9.17) is 20.8 Å². The summed E-state index contributed by atoms with van der Waals surface area (Å²) in [5, 5.41) is 32.8. The molecule has 2 aromatic carbocycles. The van der Waals surface area contributed by atoms with Crippen molar-refractivity contribution in [3.05, 3.63) is 51.6 Å². The van der Waals surface area contributed by atoms with Gasteiger partial charge in [0.2, 0.25) is 5.43 Å². The number of rotatable bonds is 8. The zero-order valence-corrected chi connectivity index (χ0v) is 17.3. The smallest absolute Gasteiger partial charge is 0.200 e. The van der Waals surface area contributed by atoms with E-state index in [1.807, 2.05) is 0 Å². The second kappa shape index (κ2) is 9.75. The summed E-state index contributed by atoms with van der Waals surface area (Å²) in [6.45, 7) is 1.11. The Kier molecular flexibility index (Phi) is 7.87. The first kappa shape index (κ1) is 23.4. The lowest BCUT2D eigenvalue weighted by Crippen LogP contribution is -2.52. The summed E-state index contributed by atoms with van der Waals surface area (Å²) in [6, 6.07) is 9.78. The highest BCUT2D eigenvalue weighted by molar-refractivity contribution is 6.31. The minimum atomic E-state index is -0.908. The summed E-state index contributed by atoms with van der Waals surface area (Å²) in [5.41, 5.74) is -0.462. The molecular formula is C20H23Cl2NO6.